The molecule has 0 aliphatic rings. The van der Waals surface area contributed by atoms with Crippen molar-refractivity contribution in [3.63, 3.8) is 0 Å². The Morgan fingerprint density at radius 2 is 1.80 bits per heavy atom. The van der Waals surface area contributed by atoms with E-state index in [9.17, 15) is 0 Å². The van der Waals surface area contributed by atoms with Gasteiger partial charge in [0.2, 0.25) is 0 Å². The van der Waals surface area contributed by atoms with Gasteiger partial charge in [-0.1, -0.05) is 26.0 Å². The van der Waals surface area contributed by atoms with Crippen LogP contribution >= 0.6 is 0 Å². The molecule has 0 bridgehead atoms. The average molecular weight is 141 g/mol. The topological polar surface area (TPSA) is 12.0 Å². The second-order valence-electron chi connectivity index (χ2n) is 1.44. The first-order chi connectivity index (χ1) is 4.91. The number of rotatable bonds is 3. The van der Waals surface area contributed by atoms with Gasteiger partial charge >= 0.3 is 0 Å². The van der Waals surface area contributed by atoms with Gasteiger partial charge in [0.15, 0.2) is 0 Å². The van der Waals surface area contributed by atoms with Crippen molar-refractivity contribution in [2.45, 2.75) is 27.7 Å². The lowest BCUT2D eigenvalue weighted by Crippen LogP contribution is -2.00. The molecule has 1 N–H and O–H groups in total. The van der Waals surface area contributed by atoms with Crippen LogP contribution in [0.5, 0.6) is 0 Å². The average Bonchev–Trinajstić information content (AvgIpc) is 2.02. The van der Waals surface area contributed by atoms with Crippen LogP contribution < -0.4 is 5.32 Å². The highest BCUT2D eigenvalue weighted by Crippen LogP contribution is 1.71. The summed E-state index contributed by atoms with van der Waals surface area (Å²) in [4.78, 5) is 0. The Kier molecular flexibility index (Phi) is 18.9. The van der Waals surface area contributed by atoms with E-state index in [4.69, 9.17) is 0 Å². The number of allylic oxidation sites excluding steroid dienone is 3. The Hall–Kier alpha value is -0.720. The van der Waals surface area contributed by atoms with Gasteiger partial charge in [0.1, 0.15) is 0 Å². The molecule has 0 fully saturated rings. The minimum absolute atomic E-state index is 0.994. The van der Waals surface area contributed by atoms with Gasteiger partial charge in [-0.05, 0) is 26.1 Å². The van der Waals surface area contributed by atoms with E-state index in [0.717, 1.165) is 6.54 Å². The lowest BCUT2D eigenvalue weighted by atomic mass is 10.5. The van der Waals surface area contributed by atoms with Gasteiger partial charge in [-0.2, -0.15) is 0 Å². The fourth-order valence-electron chi connectivity index (χ4n) is 0.353. The molecule has 0 aliphatic carbocycles. The molecule has 10 heavy (non-hydrogen) atoms. The quantitative estimate of drug-likeness (QED) is 0.596. The summed E-state index contributed by atoms with van der Waals surface area (Å²) < 4.78 is 0. The van der Waals surface area contributed by atoms with Crippen LogP contribution in [0, 0.1) is 0 Å². The second kappa shape index (κ2) is 15.7. The van der Waals surface area contributed by atoms with E-state index in [-0.39, 0.29) is 0 Å². The van der Waals surface area contributed by atoms with Gasteiger partial charge < -0.3 is 5.32 Å². The molecule has 0 rings (SSSR count). The molecule has 0 spiro atoms. The van der Waals surface area contributed by atoms with Crippen LogP contribution in [0.2, 0.25) is 0 Å². The monoisotopic (exact) mass is 141 g/mol. The summed E-state index contributed by atoms with van der Waals surface area (Å²) >= 11 is 0. The van der Waals surface area contributed by atoms with Crippen molar-refractivity contribution < 1.29 is 0 Å². The molecule has 0 saturated carbocycles. The van der Waals surface area contributed by atoms with Crippen molar-refractivity contribution in [1.29, 1.82) is 0 Å². The molecule has 1 nitrogen and oxygen atoms in total. The molecule has 0 unspecified atom stereocenters. The van der Waals surface area contributed by atoms with Crippen LogP contribution in [-0.4, -0.2) is 6.54 Å². The predicted molar refractivity (Wildman–Crippen MR) is 49.0 cm³/mol. The molecule has 0 aromatic heterocycles. The Morgan fingerprint density at radius 3 is 2.20 bits per heavy atom. The van der Waals surface area contributed by atoms with Crippen LogP contribution in [-0.2, 0) is 0 Å². The first-order valence-corrected chi connectivity index (χ1v) is 3.93. The molecule has 0 saturated heterocycles. The van der Waals surface area contributed by atoms with Crippen molar-refractivity contribution in [2.75, 3.05) is 6.54 Å². The van der Waals surface area contributed by atoms with E-state index in [0.29, 0.717) is 0 Å². The number of nitrogens with one attached hydrogen (secondary N) is 1. The molecule has 0 aromatic rings. The van der Waals surface area contributed by atoms with E-state index in [1.54, 1.807) is 0 Å². The number of hydrogen-bond donors (Lipinski definition) is 1. The highest BCUT2D eigenvalue weighted by Gasteiger charge is 1.61. The molecule has 0 radical (unpaired) electrons. The van der Waals surface area contributed by atoms with Gasteiger partial charge in [-0.25, -0.2) is 0 Å². The second-order valence-corrected chi connectivity index (χ2v) is 1.44. The summed E-state index contributed by atoms with van der Waals surface area (Å²) in [6.45, 7) is 9.06. The summed E-state index contributed by atoms with van der Waals surface area (Å²) in [5.74, 6) is 0. The standard InChI is InChI=1S/C7H13N.C2H6/c1-3-5-6-7-8-4-2;1-2/h3,5-8H,4H2,1-2H3;1-2H3/b5-3-,7-6-;. The normalized spacial score (nSPS) is 9.60. The van der Waals surface area contributed by atoms with E-state index >= 15 is 0 Å². The van der Waals surface area contributed by atoms with E-state index in [2.05, 4.69) is 12.2 Å². The summed E-state index contributed by atoms with van der Waals surface area (Å²) in [6, 6.07) is 0. The van der Waals surface area contributed by atoms with Crippen LogP contribution in [0.4, 0.5) is 0 Å². The lowest BCUT2D eigenvalue weighted by Gasteiger charge is -1.86. The zero-order valence-corrected chi connectivity index (χ0v) is 7.52. The molecule has 60 valence electrons. The molecule has 1 heteroatoms. The van der Waals surface area contributed by atoms with Gasteiger partial charge in [-0.15, -0.1) is 0 Å². The highest BCUT2D eigenvalue weighted by atomic mass is 14.8. The van der Waals surface area contributed by atoms with Crippen molar-refractivity contribution >= 4 is 0 Å². The Balaban J connectivity index is 0. The van der Waals surface area contributed by atoms with Crippen molar-refractivity contribution in [3.05, 3.63) is 24.4 Å². The van der Waals surface area contributed by atoms with Crippen LogP contribution in [0.15, 0.2) is 24.4 Å². The third-order valence-corrected chi connectivity index (χ3v) is 0.722. The third kappa shape index (κ3) is 15.7. The van der Waals surface area contributed by atoms with Crippen LogP contribution in [0.3, 0.4) is 0 Å². The summed E-state index contributed by atoms with van der Waals surface area (Å²) in [5, 5.41) is 3.05. The summed E-state index contributed by atoms with van der Waals surface area (Å²) in [7, 11) is 0. The Labute approximate surface area is 64.8 Å². The molecule has 0 atom stereocenters. The molecular formula is C9H19N. The molecule has 0 aromatic carbocycles. The van der Waals surface area contributed by atoms with Gasteiger partial charge in [-0.3, -0.25) is 0 Å². The van der Waals surface area contributed by atoms with Crippen molar-refractivity contribution in [1.82, 2.24) is 5.32 Å². The maximum absolute atomic E-state index is 3.05. The van der Waals surface area contributed by atoms with Crippen LogP contribution in [0.1, 0.15) is 27.7 Å². The Morgan fingerprint density at radius 1 is 1.20 bits per heavy atom. The largest absolute Gasteiger partial charge is 0.391 e. The molecular weight excluding hydrogens is 122 g/mol. The Bertz CT molecular complexity index is 82.7. The predicted octanol–water partition coefficient (Wildman–Crippen LogP) is 2.71. The maximum Gasteiger partial charge on any atom is 0.0113 e. The van der Waals surface area contributed by atoms with E-state index in [1.165, 1.54) is 0 Å². The molecule has 0 heterocycles. The fourth-order valence-corrected chi connectivity index (χ4v) is 0.353. The SMILES string of the molecule is C/C=C\C=C/NCC.CC. The first kappa shape index (κ1) is 12.0. The zero-order chi connectivity index (χ0) is 8.24. The highest BCUT2D eigenvalue weighted by molar-refractivity contribution is 4.99. The fraction of sp³-hybridized carbons (Fsp3) is 0.556. The van der Waals surface area contributed by atoms with Crippen molar-refractivity contribution in [2.24, 2.45) is 0 Å². The minimum Gasteiger partial charge on any atom is -0.391 e. The maximum atomic E-state index is 3.05. The molecule has 0 aliphatic heterocycles. The van der Waals surface area contributed by atoms with Crippen molar-refractivity contribution in [3.8, 4) is 0 Å². The van der Waals surface area contributed by atoms with E-state index in [1.807, 2.05) is 45.2 Å². The first-order valence-electron chi connectivity index (χ1n) is 3.93. The third-order valence-electron chi connectivity index (χ3n) is 0.722. The lowest BCUT2D eigenvalue weighted by molar-refractivity contribution is 0.919. The van der Waals surface area contributed by atoms with Gasteiger partial charge in [0.25, 0.3) is 0 Å². The summed E-state index contributed by atoms with van der Waals surface area (Å²) in [5.41, 5.74) is 0. The number of hydrogen-bond acceptors (Lipinski definition) is 1. The minimum atomic E-state index is 0.994. The van der Waals surface area contributed by atoms with Gasteiger partial charge in [0, 0.05) is 6.54 Å². The van der Waals surface area contributed by atoms with Crippen LogP contribution in [0.25, 0.3) is 0 Å². The summed E-state index contributed by atoms with van der Waals surface area (Å²) in [6.07, 6.45) is 7.89. The smallest absolute Gasteiger partial charge is 0.0113 e. The molecule has 0 amide bonds. The van der Waals surface area contributed by atoms with Gasteiger partial charge in [0.05, 0.1) is 0 Å². The zero-order valence-electron chi connectivity index (χ0n) is 7.52. The van der Waals surface area contributed by atoms with E-state index < -0.39 is 0 Å².